The van der Waals surface area contributed by atoms with Crippen molar-refractivity contribution < 1.29 is 19.0 Å². The highest BCUT2D eigenvalue weighted by Gasteiger charge is 2.25. The van der Waals surface area contributed by atoms with E-state index in [0.29, 0.717) is 36.3 Å². The molecule has 1 aliphatic rings. The van der Waals surface area contributed by atoms with E-state index in [1.807, 2.05) is 4.90 Å². The molecule has 0 aromatic heterocycles. The van der Waals surface area contributed by atoms with Crippen molar-refractivity contribution in [2.24, 2.45) is 0 Å². The summed E-state index contributed by atoms with van der Waals surface area (Å²) in [5.74, 6) is -1.15. The van der Waals surface area contributed by atoms with E-state index in [1.165, 1.54) is 6.07 Å². The summed E-state index contributed by atoms with van der Waals surface area (Å²) in [6, 6.07) is 4.72. The predicted octanol–water partition coefficient (Wildman–Crippen LogP) is 2.26. The van der Waals surface area contributed by atoms with Gasteiger partial charge in [0, 0.05) is 29.2 Å². The average molecular weight is 332 g/mol. The third-order valence-electron chi connectivity index (χ3n) is 3.15. The fourth-order valence-corrected chi connectivity index (χ4v) is 2.49. The van der Waals surface area contributed by atoms with Gasteiger partial charge < -0.3 is 9.84 Å². The molecule has 0 radical (unpaired) electrons. The Morgan fingerprint density at radius 2 is 2.37 bits per heavy atom. The van der Waals surface area contributed by atoms with Crippen LogP contribution in [0.2, 0.25) is 0 Å². The molecular formula is C13H15BrFNO3. The Hall–Kier alpha value is -0.980. The highest BCUT2D eigenvalue weighted by Crippen LogP contribution is 2.20. The van der Waals surface area contributed by atoms with E-state index in [0.717, 1.165) is 0 Å². The minimum atomic E-state index is -0.864. The molecule has 1 aliphatic heterocycles. The summed E-state index contributed by atoms with van der Waals surface area (Å²) in [4.78, 5) is 12.8. The van der Waals surface area contributed by atoms with Crippen LogP contribution in [0.5, 0.6) is 0 Å². The molecule has 104 valence electrons. The van der Waals surface area contributed by atoms with Gasteiger partial charge in [-0.2, -0.15) is 0 Å². The van der Waals surface area contributed by atoms with Gasteiger partial charge in [0.15, 0.2) is 0 Å². The molecule has 0 amide bonds. The fourth-order valence-electron chi connectivity index (χ4n) is 2.16. The summed E-state index contributed by atoms with van der Waals surface area (Å²) < 4.78 is 19.8. The number of rotatable bonds is 4. The van der Waals surface area contributed by atoms with Crippen molar-refractivity contribution in [2.45, 2.75) is 19.0 Å². The van der Waals surface area contributed by atoms with Crippen LogP contribution in [0.25, 0.3) is 0 Å². The van der Waals surface area contributed by atoms with Gasteiger partial charge in [0.25, 0.3) is 0 Å². The molecule has 1 atom stereocenters. The van der Waals surface area contributed by atoms with Crippen molar-refractivity contribution in [1.29, 1.82) is 0 Å². The second kappa shape index (κ2) is 6.45. The molecular weight excluding hydrogens is 317 g/mol. The fraction of sp³-hybridized carbons (Fsp3) is 0.462. The van der Waals surface area contributed by atoms with Crippen LogP contribution in [-0.2, 0) is 16.1 Å². The van der Waals surface area contributed by atoms with Gasteiger partial charge in [-0.25, -0.2) is 4.39 Å². The van der Waals surface area contributed by atoms with E-state index in [-0.39, 0.29) is 18.3 Å². The Balaban J connectivity index is 2.08. The van der Waals surface area contributed by atoms with E-state index in [9.17, 15) is 9.18 Å². The van der Waals surface area contributed by atoms with Gasteiger partial charge in [-0.3, -0.25) is 9.69 Å². The Morgan fingerprint density at radius 1 is 1.58 bits per heavy atom. The first kappa shape index (κ1) is 14.4. The second-order valence-corrected chi connectivity index (χ2v) is 5.45. The monoisotopic (exact) mass is 331 g/mol. The van der Waals surface area contributed by atoms with Gasteiger partial charge in [-0.1, -0.05) is 22.0 Å². The van der Waals surface area contributed by atoms with Crippen molar-refractivity contribution in [1.82, 2.24) is 4.90 Å². The minimum absolute atomic E-state index is 0.0121. The number of halogens is 2. The van der Waals surface area contributed by atoms with Crippen LogP contribution in [0, 0.1) is 5.82 Å². The number of hydrogen-bond acceptors (Lipinski definition) is 3. The lowest BCUT2D eigenvalue weighted by molar-refractivity contribution is -0.140. The number of hydrogen-bond donors (Lipinski definition) is 1. The predicted molar refractivity (Wildman–Crippen MR) is 71.4 cm³/mol. The van der Waals surface area contributed by atoms with Crippen molar-refractivity contribution in [2.75, 3.05) is 19.8 Å². The number of aliphatic carboxylic acids is 1. The average Bonchev–Trinajstić information content (AvgIpc) is 2.34. The Labute approximate surface area is 119 Å². The van der Waals surface area contributed by atoms with Crippen LogP contribution in [0.3, 0.4) is 0 Å². The van der Waals surface area contributed by atoms with E-state index in [2.05, 4.69) is 15.9 Å². The van der Waals surface area contributed by atoms with Crippen LogP contribution in [-0.4, -0.2) is 41.8 Å². The third kappa shape index (κ3) is 3.99. The molecule has 1 fully saturated rings. The number of ether oxygens (including phenoxy) is 1. The number of carboxylic acids is 1. The molecule has 1 unspecified atom stereocenters. The minimum Gasteiger partial charge on any atom is -0.481 e. The first-order valence-corrected chi connectivity index (χ1v) is 6.83. The largest absolute Gasteiger partial charge is 0.481 e. The summed E-state index contributed by atoms with van der Waals surface area (Å²) in [7, 11) is 0. The molecule has 19 heavy (non-hydrogen) atoms. The number of benzene rings is 1. The van der Waals surface area contributed by atoms with Crippen LogP contribution in [0.1, 0.15) is 12.0 Å². The molecule has 1 N–H and O–H groups in total. The standard InChI is InChI=1S/C13H15BrFNO3/c14-10-2-1-9(12(15)5-10)7-16-3-4-19-8-11(16)6-13(17)18/h1-2,5,11H,3-4,6-8H2,(H,17,18). The Bertz CT molecular complexity index is 469. The van der Waals surface area contributed by atoms with E-state index >= 15 is 0 Å². The maximum absolute atomic E-state index is 13.8. The van der Waals surface area contributed by atoms with Gasteiger partial charge in [0.2, 0.25) is 0 Å². The van der Waals surface area contributed by atoms with Crippen molar-refractivity contribution in [3.63, 3.8) is 0 Å². The highest BCUT2D eigenvalue weighted by atomic mass is 79.9. The molecule has 1 saturated heterocycles. The smallest absolute Gasteiger partial charge is 0.305 e. The lowest BCUT2D eigenvalue weighted by atomic mass is 10.1. The first-order valence-electron chi connectivity index (χ1n) is 6.04. The summed E-state index contributed by atoms with van der Waals surface area (Å²) in [5.41, 5.74) is 0.570. The van der Waals surface area contributed by atoms with E-state index in [1.54, 1.807) is 12.1 Å². The lowest BCUT2D eigenvalue weighted by Gasteiger charge is -2.34. The zero-order valence-corrected chi connectivity index (χ0v) is 11.9. The topological polar surface area (TPSA) is 49.8 Å². The third-order valence-corrected chi connectivity index (χ3v) is 3.64. The van der Waals surface area contributed by atoms with Gasteiger partial charge in [0.05, 0.1) is 19.6 Å². The summed E-state index contributed by atoms with van der Waals surface area (Å²) >= 11 is 3.21. The Morgan fingerprint density at radius 3 is 3.05 bits per heavy atom. The molecule has 1 heterocycles. The molecule has 1 aromatic carbocycles. The molecule has 6 heteroatoms. The van der Waals surface area contributed by atoms with Gasteiger partial charge >= 0.3 is 5.97 Å². The van der Waals surface area contributed by atoms with E-state index in [4.69, 9.17) is 9.84 Å². The van der Waals surface area contributed by atoms with Crippen molar-refractivity contribution in [3.8, 4) is 0 Å². The summed E-state index contributed by atoms with van der Waals surface area (Å²) in [6.07, 6.45) is 0.0121. The number of morpholine rings is 1. The zero-order valence-electron chi connectivity index (χ0n) is 10.3. The lowest BCUT2D eigenvalue weighted by Crippen LogP contribution is -2.46. The van der Waals surface area contributed by atoms with Crippen molar-refractivity contribution in [3.05, 3.63) is 34.1 Å². The normalized spacial score (nSPS) is 20.4. The van der Waals surface area contributed by atoms with Crippen LogP contribution in [0.15, 0.2) is 22.7 Å². The molecule has 0 bridgehead atoms. The van der Waals surface area contributed by atoms with Crippen molar-refractivity contribution >= 4 is 21.9 Å². The van der Waals surface area contributed by atoms with E-state index < -0.39 is 5.97 Å². The molecule has 0 saturated carbocycles. The Kier molecular flexibility index (Phi) is 4.90. The maximum Gasteiger partial charge on any atom is 0.305 e. The number of carbonyl (C=O) groups is 1. The van der Waals surface area contributed by atoms with Gasteiger partial charge in [-0.15, -0.1) is 0 Å². The van der Waals surface area contributed by atoms with Gasteiger partial charge in [0.1, 0.15) is 5.82 Å². The summed E-state index contributed by atoms with van der Waals surface area (Å²) in [5, 5.41) is 8.88. The highest BCUT2D eigenvalue weighted by molar-refractivity contribution is 9.10. The molecule has 0 aliphatic carbocycles. The molecule has 2 rings (SSSR count). The van der Waals surface area contributed by atoms with Crippen LogP contribution in [0.4, 0.5) is 4.39 Å². The quantitative estimate of drug-likeness (QED) is 0.919. The van der Waals surface area contributed by atoms with Crippen LogP contribution < -0.4 is 0 Å². The summed E-state index contributed by atoms with van der Waals surface area (Å²) in [6.45, 7) is 1.95. The number of nitrogens with zero attached hydrogens (tertiary/aromatic N) is 1. The maximum atomic E-state index is 13.8. The zero-order chi connectivity index (χ0) is 13.8. The van der Waals surface area contributed by atoms with Gasteiger partial charge in [-0.05, 0) is 12.1 Å². The second-order valence-electron chi connectivity index (χ2n) is 4.53. The molecule has 4 nitrogen and oxygen atoms in total. The SMILES string of the molecule is O=C(O)CC1COCCN1Cc1ccc(Br)cc1F. The van der Waals surface area contributed by atoms with Crippen LogP contribution >= 0.6 is 15.9 Å². The molecule has 1 aromatic rings. The molecule has 0 spiro atoms. The first-order chi connectivity index (χ1) is 9.06. The number of carboxylic acid groups (broad SMARTS) is 1.